The number of nitrogens with zero attached hydrogens (tertiary/aromatic N) is 1. The topological polar surface area (TPSA) is 71.7 Å². The summed E-state index contributed by atoms with van der Waals surface area (Å²) >= 11 is 0. The van der Waals surface area contributed by atoms with Crippen molar-refractivity contribution in [2.24, 2.45) is 16.8 Å². The highest BCUT2D eigenvalue weighted by atomic mass is 16.5. The van der Waals surface area contributed by atoms with Gasteiger partial charge in [-0.2, -0.15) is 0 Å². The lowest BCUT2D eigenvalue weighted by molar-refractivity contribution is 0.179. The molecule has 0 radical (unpaired) electrons. The normalized spacial score (nSPS) is 27.4. The largest absolute Gasteiger partial charge is 0.383 e. The average molecular weight is 256 g/mol. The molecule has 0 spiro atoms. The summed E-state index contributed by atoms with van der Waals surface area (Å²) in [5.41, 5.74) is 2.66. The maximum Gasteiger partial charge on any atom is 0.206 e. The number of aliphatic imine (C=N–C) groups is 1. The van der Waals surface area contributed by atoms with Crippen LogP contribution in [0.4, 0.5) is 0 Å². The van der Waals surface area contributed by atoms with Crippen molar-refractivity contribution in [3.05, 3.63) is 0 Å². The van der Waals surface area contributed by atoms with Gasteiger partial charge in [0, 0.05) is 13.2 Å². The lowest BCUT2D eigenvalue weighted by Gasteiger charge is -2.21. The van der Waals surface area contributed by atoms with Gasteiger partial charge in [0.05, 0.1) is 12.6 Å². The van der Waals surface area contributed by atoms with Gasteiger partial charge in [0.2, 0.25) is 5.96 Å². The molecule has 0 bridgehead atoms. The van der Waals surface area contributed by atoms with Crippen LogP contribution in [0.5, 0.6) is 0 Å². The molecule has 0 aromatic heterocycles. The minimum Gasteiger partial charge on any atom is -0.383 e. The second-order valence-corrected chi connectivity index (χ2v) is 5.31. The van der Waals surface area contributed by atoms with Gasteiger partial charge in [-0.05, 0) is 25.7 Å². The first kappa shape index (κ1) is 15.2. The molecular weight excluding hydrogens is 228 g/mol. The molecule has 1 fully saturated rings. The van der Waals surface area contributed by atoms with Gasteiger partial charge in [-0.1, -0.05) is 26.2 Å². The predicted molar refractivity (Wildman–Crippen MR) is 75.3 cm³/mol. The van der Waals surface area contributed by atoms with Gasteiger partial charge < -0.3 is 10.1 Å². The van der Waals surface area contributed by atoms with Gasteiger partial charge in [-0.25, -0.2) is 10.8 Å². The number of rotatable bonds is 4. The van der Waals surface area contributed by atoms with Crippen LogP contribution in [0.15, 0.2) is 4.99 Å². The van der Waals surface area contributed by atoms with Gasteiger partial charge in [-0.3, -0.25) is 5.43 Å². The maximum absolute atomic E-state index is 5.53. The van der Waals surface area contributed by atoms with Gasteiger partial charge in [0.1, 0.15) is 0 Å². The first-order valence-electron chi connectivity index (χ1n) is 6.97. The zero-order valence-corrected chi connectivity index (χ0v) is 11.9. The molecule has 5 heteroatoms. The Morgan fingerprint density at radius 2 is 2.11 bits per heavy atom. The number of hydrogen-bond donors (Lipinski definition) is 3. The van der Waals surface area contributed by atoms with Crippen LogP contribution in [0.25, 0.3) is 0 Å². The van der Waals surface area contributed by atoms with E-state index < -0.39 is 0 Å². The average Bonchev–Trinajstić information content (AvgIpc) is 2.54. The van der Waals surface area contributed by atoms with E-state index in [4.69, 9.17) is 15.6 Å². The van der Waals surface area contributed by atoms with E-state index in [0.29, 0.717) is 24.5 Å². The molecule has 1 aliphatic carbocycles. The number of hydrazine groups is 1. The second-order valence-electron chi connectivity index (χ2n) is 5.31. The van der Waals surface area contributed by atoms with Crippen molar-refractivity contribution < 1.29 is 4.74 Å². The summed E-state index contributed by atoms with van der Waals surface area (Å²) in [4.78, 5) is 4.73. The molecule has 3 atom stereocenters. The molecule has 106 valence electrons. The SMILES string of the molecule is COCC(C)NC(=NC1CCCCCC1C)NN. The van der Waals surface area contributed by atoms with E-state index in [-0.39, 0.29) is 6.04 Å². The van der Waals surface area contributed by atoms with Crippen molar-refractivity contribution in [3.63, 3.8) is 0 Å². The Morgan fingerprint density at radius 3 is 2.78 bits per heavy atom. The van der Waals surface area contributed by atoms with Crippen LogP contribution < -0.4 is 16.6 Å². The summed E-state index contributed by atoms with van der Waals surface area (Å²) in [6.07, 6.45) is 6.34. The summed E-state index contributed by atoms with van der Waals surface area (Å²) < 4.78 is 5.09. The number of hydrogen-bond acceptors (Lipinski definition) is 3. The molecule has 1 saturated carbocycles. The van der Waals surface area contributed by atoms with E-state index in [0.717, 1.165) is 6.42 Å². The second kappa shape index (κ2) is 8.32. The molecule has 0 amide bonds. The predicted octanol–water partition coefficient (Wildman–Crippen LogP) is 1.40. The Kier molecular flexibility index (Phi) is 7.05. The molecular formula is C13H28N4O. The fraction of sp³-hybridized carbons (Fsp3) is 0.923. The quantitative estimate of drug-likeness (QED) is 0.234. The van der Waals surface area contributed by atoms with Gasteiger partial charge in [0.15, 0.2) is 0 Å². The number of nitrogens with one attached hydrogen (secondary N) is 2. The number of nitrogens with two attached hydrogens (primary N) is 1. The van der Waals surface area contributed by atoms with Crippen LogP contribution in [0.2, 0.25) is 0 Å². The zero-order chi connectivity index (χ0) is 13.4. The van der Waals surface area contributed by atoms with E-state index >= 15 is 0 Å². The maximum atomic E-state index is 5.53. The number of ether oxygens (including phenoxy) is 1. The van der Waals surface area contributed by atoms with Crippen LogP contribution in [0, 0.1) is 5.92 Å². The monoisotopic (exact) mass is 256 g/mol. The number of methoxy groups -OCH3 is 1. The zero-order valence-electron chi connectivity index (χ0n) is 11.9. The van der Waals surface area contributed by atoms with Crippen LogP contribution in [-0.4, -0.2) is 31.8 Å². The molecule has 0 aromatic carbocycles. The summed E-state index contributed by atoms with van der Waals surface area (Å²) in [5.74, 6) is 6.85. The Morgan fingerprint density at radius 1 is 1.39 bits per heavy atom. The molecule has 3 unspecified atom stereocenters. The Bertz CT molecular complexity index is 257. The summed E-state index contributed by atoms with van der Waals surface area (Å²) in [7, 11) is 1.69. The third kappa shape index (κ3) is 5.23. The minimum atomic E-state index is 0.200. The van der Waals surface area contributed by atoms with E-state index in [1.807, 2.05) is 6.92 Å². The highest BCUT2D eigenvalue weighted by Gasteiger charge is 2.20. The third-order valence-corrected chi connectivity index (χ3v) is 3.55. The molecule has 5 nitrogen and oxygen atoms in total. The van der Waals surface area contributed by atoms with Gasteiger partial charge in [0.25, 0.3) is 0 Å². The molecule has 0 aromatic rings. The first-order chi connectivity index (χ1) is 8.67. The highest BCUT2D eigenvalue weighted by Crippen LogP contribution is 2.25. The van der Waals surface area contributed by atoms with E-state index in [9.17, 15) is 0 Å². The summed E-state index contributed by atoms with van der Waals surface area (Å²) in [6.45, 7) is 4.97. The van der Waals surface area contributed by atoms with Crippen molar-refractivity contribution in [2.75, 3.05) is 13.7 Å². The molecule has 0 saturated heterocycles. The fourth-order valence-corrected chi connectivity index (χ4v) is 2.47. The standard InChI is InChI=1S/C13H28N4O/c1-10-7-5-4-6-8-12(10)16-13(17-14)15-11(2)9-18-3/h10-12H,4-9,14H2,1-3H3,(H2,15,16,17). The van der Waals surface area contributed by atoms with Crippen LogP contribution in [0.1, 0.15) is 46.0 Å². The minimum absolute atomic E-state index is 0.200. The molecule has 1 rings (SSSR count). The lowest BCUT2D eigenvalue weighted by Crippen LogP contribution is -2.47. The van der Waals surface area contributed by atoms with Crippen molar-refractivity contribution in [1.82, 2.24) is 10.7 Å². The van der Waals surface area contributed by atoms with Crippen molar-refractivity contribution in [3.8, 4) is 0 Å². The van der Waals surface area contributed by atoms with Crippen LogP contribution >= 0.6 is 0 Å². The molecule has 18 heavy (non-hydrogen) atoms. The van der Waals surface area contributed by atoms with Crippen molar-refractivity contribution >= 4 is 5.96 Å². The third-order valence-electron chi connectivity index (χ3n) is 3.55. The summed E-state index contributed by atoms with van der Waals surface area (Å²) in [6, 6.07) is 0.576. The Hall–Kier alpha value is -0.810. The van der Waals surface area contributed by atoms with E-state index in [1.54, 1.807) is 7.11 Å². The first-order valence-corrected chi connectivity index (χ1v) is 6.97. The van der Waals surface area contributed by atoms with Crippen LogP contribution in [-0.2, 0) is 4.74 Å². The van der Waals surface area contributed by atoms with E-state index in [1.165, 1.54) is 25.7 Å². The van der Waals surface area contributed by atoms with Gasteiger partial charge in [-0.15, -0.1) is 0 Å². The summed E-state index contributed by atoms with van der Waals surface area (Å²) in [5, 5.41) is 3.24. The highest BCUT2D eigenvalue weighted by molar-refractivity contribution is 5.79. The molecule has 1 aliphatic rings. The van der Waals surface area contributed by atoms with Crippen molar-refractivity contribution in [2.45, 2.75) is 58.0 Å². The van der Waals surface area contributed by atoms with Crippen molar-refractivity contribution in [1.29, 1.82) is 0 Å². The van der Waals surface area contributed by atoms with E-state index in [2.05, 4.69) is 17.7 Å². The molecule has 0 aliphatic heterocycles. The fourth-order valence-electron chi connectivity index (χ4n) is 2.47. The van der Waals surface area contributed by atoms with Crippen LogP contribution in [0.3, 0.4) is 0 Å². The smallest absolute Gasteiger partial charge is 0.206 e. The Balaban J connectivity index is 2.57. The number of guanidine groups is 1. The molecule has 4 N–H and O–H groups in total. The molecule has 0 heterocycles. The van der Waals surface area contributed by atoms with Gasteiger partial charge >= 0.3 is 0 Å². The Labute approximate surface area is 111 Å². The lowest BCUT2D eigenvalue weighted by atomic mass is 9.98.